The molecule has 0 unspecified atom stereocenters. The van der Waals surface area contributed by atoms with Crippen molar-refractivity contribution in [2.75, 3.05) is 0 Å². The van der Waals surface area contributed by atoms with Gasteiger partial charge in [0.05, 0.1) is 5.57 Å². The second kappa shape index (κ2) is 5.82. The Bertz CT molecular complexity index is 883. The molecule has 0 atom stereocenters. The first kappa shape index (κ1) is 15.2. The van der Waals surface area contributed by atoms with Crippen LogP contribution in [-0.4, -0.2) is 17.5 Å². The van der Waals surface area contributed by atoms with Gasteiger partial charge in [-0.2, -0.15) is 0 Å². The van der Waals surface area contributed by atoms with Gasteiger partial charge in [0.2, 0.25) is 11.7 Å². The van der Waals surface area contributed by atoms with Crippen molar-refractivity contribution in [3.05, 3.63) is 75.9 Å². The highest BCUT2D eigenvalue weighted by Crippen LogP contribution is 2.34. The van der Waals surface area contributed by atoms with Crippen LogP contribution in [0.15, 0.2) is 54.2 Å². The predicted molar refractivity (Wildman–Crippen MR) is 87.3 cm³/mol. The Morgan fingerprint density at radius 1 is 0.870 bits per heavy atom. The van der Waals surface area contributed by atoms with Crippen molar-refractivity contribution in [3.8, 4) is 0 Å². The van der Waals surface area contributed by atoms with Gasteiger partial charge in [-0.25, -0.2) is 0 Å². The molecule has 2 aromatic rings. The third kappa shape index (κ3) is 2.58. The van der Waals surface area contributed by atoms with Crippen molar-refractivity contribution in [1.82, 2.24) is 5.32 Å². The zero-order valence-corrected chi connectivity index (χ0v) is 13.0. The van der Waals surface area contributed by atoms with Crippen LogP contribution in [0.2, 0.25) is 5.02 Å². The van der Waals surface area contributed by atoms with Crippen LogP contribution in [0.25, 0.3) is 5.57 Å². The number of amides is 1. The molecule has 1 aliphatic rings. The molecule has 5 heteroatoms. The van der Waals surface area contributed by atoms with Crippen molar-refractivity contribution < 1.29 is 14.4 Å². The van der Waals surface area contributed by atoms with Crippen LogP contribution >= 0.6 is 11.6 Å². The van der Waals surface area contributed by atoms with Gasteiger partial charge >= 0.3 is 0 Å². The van der Waals surface area contributed by atoms with E-state index in [2.05, 4.69) is 5.32 Å². The molecule has 0 heterocycles. The van der Waals surface area contributed by atoms with E-state index in [9.17, 15) is 14.4 Å². The number of benzene rings is 2. The minimum Gasteiger partial charge on any atom is -0.322 e. The first-order valence-electron chi connectivity index (χ1n) is 6.96. The lowest BCUT2D eigenvalue weighted by Gasteiger charge is -2.21. The van der Waals surface area contributed by atoms with Crippen LogP contribution in [0, 0.1) is 0 Å². The summed E-state index contributed by atoms with van der Waals surface area (Å²) < 4.78 is 0. The average Bonchev–Trinajstić information content (AvgIpc) is 2.53. The third-order valence-corrected chi connectivity index (χ3v) is 3.89. The summed E-state index contributed by atoms with van der Waals surface area (Å²) in [5.41, 5.74) is 1.09. The van der Waals surface area contributed by atoms with Gasteiger partial charge in [-0.1, -0.05) is 54.1 Å². The second-order valence-corrected chi connectivity index (χ2v) is 5.52. The molecule has 2 aromatic carbocycles. The molecule has 1 amide bonds. The van der Waals surface area contributed by atoms with Crippen LogP contribution in [-0.2, 0) is 4.79 Å². The topological polar surface area (TPSA) is 63.2 Å². The smallest absolute Gasteiger partial charge is 0.221 e. The molecule has 0 saturated heterocycles. The summed E-state index contributed by atoms with van der Waals surface area (Å²) in [5.74, 6) is -1.16. The standard InChI is InChI=1S/C18H12ClNO3/c1-10(21)20-16-15(13-8-4-5-9-14(13)19)17(22)11-6-2-3-7-12(11)18(16)23/h2-9H,1H3,(H,20,21). The number of hydrogen-bond donors (Lipinski definition) is 1. The number of fused-ring (bicyclic) bond motifs is 1. The van der Waals surface area contributed by atoms with E-state index >= 15 is 0 Å². The van der Waals surface area contributed by atoms with E-state index in [1.54, 1.807) is 48.5 Å². The SMILES string of the molecule is CC(=O)NC1=C(c2ccccc2Cl)C(=O)c2ccccc2C1=O. The molecule has 1 N–H and O–H groups in total. The molecule has 0 fully saturated rings. The highest BCUT2D eigenvalue weighted by molar-refractivity contribution is 6.43. The number of nitrogens with one attached hydrogen (secondary N) is 1. The first-order chi connectivity index (χ1) is 11.0. The normalized spacial score (nSPS) is 13.8. The number of hydrogen-bond acceptors (Lipinski definition) is 3. The average molecular weight is 326 g/mol. The van der Waals surface area contributed by atoms with Gasteiger partial charge in [0.25, 0.3) is 0 Å². The fourth-order valence-electron chi connectivity index (χ4n) is 2.59. The molecule has 0 aromatic heterocycles. The molecule has 0 saturated carbocycles. The number of rotatable bonds is 2. The third-order valence-electron chi connectivity index (χ3n) is 3.56. The van der Waals surface area contributed by atoms with E-state index in [1.807, 2.05) is 0 Å². The molecule has 0 bridgehead atoms. The van der Waals surface area contributed by atoms with Gasteiger partial charge < -0.3 is 5.32 Å². The van der Waals surface area contributed by atoms with E-state index in [0.717, 1.165) is 0 Å². The lowest BCUT2D eigenvalue weighted by molar-refractivity contribution is -0.118. The molecule has 1 aliphatic carbocycles. The Labute approximate surface area is 137 Å². The van der Waals surface area contributed by atoms with E-state index in [-0.39, 0.29) is 22.6 Å². The molecule has 3 rings (SSSR count). The highest BCUT2D eigenvalue weighted by Gasteiger charge is 2.34. The van der Waals surface area contributed by atoms with Gasteiger partial charge in [0, 0.05) is 28.6 Å². The van der Waals surface area contributed by atoms with Crippen LogP contribution in [0.5, 0.6) is 0 Å². The highest BCUT2D eigenvalue weighted by atomic mass is 35.5. The maximum absolute atomic E-state index is 12.9. The summed E-state index contributed by atoms with van der Waals surface area (Å²) in [5, 5.41) is 2.83. The van der Waals surface area contributed by atoms with Gasteiger partial charge in [-0.3, -0.25) is 14.4 Å². The summed E-state index contributed by atoms with van der Waals surface area (Å²) in [4.78, 5) is 37.1. The van der Waals surface area contributed by atoms with Crippen molar-refractivity contribution in [1.29, 1.82) is 0 Å². The van der Waals surface area contributed by atoms with Crippen molar-refractivity contribution in [2.45, 2.75) is 6.92 Å². The molecular formula is C18H12ClNO3. The minimum absolute atomic E-state index is 0.0331. The summed E-state index contributed by atoms with van der Waals surface area (Å²) in [6, 6.07) is 13.3. The number of halogens is 1. The van der Waals surface area contributed by atoms with Gasteiger partial charge in [-0.05, 0) is 6.07 Å². The zero-order chi connectivity index (χ0) is 16.6. The van der Waals surface area contributed by atoms with E-state index in [0.29, 0.717) is 16.1 Å². The Balaban J connectivity index is 2.30. The predicted octanol–water partition coefficient (Wildman–Crippen LogP) is 3.27. The zero-order valence-electron chi connectivity index (χ0n) is 12.2. The Hall–Kier alpha value is -2.72. The maximum atomic E-state index is 12.9. The molecule has 0 aliphatic heterocycles. The van der Waals surface area contributed by atoms with Crippen LogP contribution in [0.3, 0.4) is 0 Å². The fourth-order valence-corrected chi connectivity index (χ4v) is 2.82. The first-order valence-corrected chi connectivity index (χ1v) is 7.33. The van der Waals surface area contributed by atoms with Gasteiger partial charge in [0.15, 0.2) is 5.78 Å². The van der Waals surface area contributed by atoms with E-state index in [4.69, 9.17) is 11.6 Å². The summed E-state index contributed by atoms with van der Waals surface area (Å²) >= 11 is 6.19. The number of carbonyl (C=O) groups excluding carboxylic acids is 3. The van der Waals surface area contributed by atoms with Crippen molar-refractivity contribution in [3.63, 3.8) is 0 Å². The van der Waals surface area contributed by atoms with Crippen LogP contribution in [0.1, 0.15) is 33.2 Å². The largest absolute Gasteiger partial charge is 0.322 e. The summed E-state index contributed by atoms with van der Waals surface area (Å²) in [7, 11) is 0. The van der Waals surface area contributed by atoms with E-state index < -0.39 is 11.7 Å². The Morgan fingerprint density at radius 3 is 1.96 bits per heavy atom. The van der Waals surface area contributed by atoms with Gasteiger partial charge in [0.1, 0.15) is 5.70 Å². The van der Waals surface area contributed by atoms with Crippen LogP contribution < -0.4 is 5.32 Å². The molecule has 0 radical (unpaired) electrons. The lowest BCUT2D eigenvalue weighted by atomic mass is 9.84. The molecule has 4 nitrogen and oxygen atoms in total. The molecule has 114 valence electrons. The summed E-state index contributed by atoms with van der Waals surface area (Å²) in [6.45, 7) is 1.29. The minimum atomic E-state index is -0.426. The van der Waals surface area contributed by atoms with Crippen molar-refractivity contribution >= 4 is 34.6 Å². The molecular weight excluding hydrogens is 314 g/mol. The van der Waals surface area contributed by atoms with Crippen molar-refractivity contribution in [2.24, 2.45) is 0 Å². The Kier molecular flexibility index (Phi) is 3.84. The second-order valence-electron chi connectivity index (χ2n) is 5.11. The fraction of sp³-hybridized carbons (Fsp3) is 0.0556. The Morgan fingerprint density at radius 2 is 1.39 bits per heavy atom. The number of Topliss-reactive ketones (excluding diaryl/α,β-unsaturated/α-hetero) is 2. The number of ketones is 2. The molecule has 0 spiro atoms. The number of allylic oxidation sites excluding steroid dienone is 2. The van der Waals surface area contributed by atoms with Gasteiger partial charge in [-0.15, -0.1) is 0 Å². The maximum Gasteiger partial charge on any atom is 0.221 e. The van der Waals surface area contributed by atoms with E-state index in [1.165, 1.54) is 6.92 Å². The van der Waals surface area contributed by atoms with Crippen LogP contribution in [0.4, 0.5) is 0 Å². The number of carbonyl (C=O) groups is 3. The molecule has 23 heavy (non-hydrogen) atoms. The monoisotopic (exact) mass is 325 g/mol. The lowest BCUT2D eigenvalue weighted by Crippen LogP contribution is -2.32. The summed E-state index contributed by atoms with van der Waals surface area (Å²) in [6.07, 6.45) is 0. The quantitative estimate of drug-likeness (QED) is 0.921.